The van der Waals surface area contributed by atoms with Gasteiger partial charge in [-0.25, -0.2) is 35.1 Å². The lowest BCUT2D eigenvalue weighted by Crippen LogP contribution is -2.37. The molecule has 0 aromatic heterocycles. The molecule has 0 spiro atoms. The molecule has 5 aromatic carbocycles. The standard InChI is InChI=1S/C29H25F9O2.C12H7F3O.C9H16O/c1-2-3-16-4-7-18(8-5-16)28(35,36)39-19-9-10-21(23(30)13-19)17-6-11-22(24(31)12-17)29(37,38)40-20-14-25(32)27(34)26(33)15-20;13-8-3-7(4-9(14)5-8)11-2-1-10(16)6-12(11)15;1-2-3-8-4-6-9(10)7-5-8/h6,9-16,18H,2-5,7-8H2,1H3;1-6,16H;8H,2-7H2,1H3. The van der Waals surface area contributed by atoms with Gasteiger partial charge in [0, 0.05) is 54.3 Å². The van der Waals surface area contributed by atoms with Gasteiger partial charge in [-0.1, -0.05) is 45.6 Å². The number of hydrogen-bond donors (Lipinski definition) is 1. The molecule has 1 N–H and O–H groups in total. The number of ether oxygens (including phenoxy) is 2. The minimum Gasteiger partial charge on any atom is -0.508 e. The van der Waals surface area contributed by atoms with Crippen molar-refractivity contribution < 1.29 is 72.1 Å². The minimum atomic E-state index is -4.45. The molecule has 2 fully saturated rings. The molecule has 16 heteroatoms. The number of ketones is 1. The number of alkyl halides is 4. The average molecular weight is 941 g/mol. The first-order valence-electron chi connectivity index (χ1n) is 21.5. The Hall–Kier alpha value is -5.67. The summed E-state index contributed by atoms with van der Waals surface area (Å²) in [5.41, 5.74) is -1.71. The normalized spacial score (nSPS) is 16.7. The lowest BCUT2D eigenvalue weighted by molar-refractivity contribution is -0.223. The van der Waals surface area contributed by atoms with Crippen LogP contribution in [0.3, 0.4) is 0 Å². The molecule has 0 unspecified atom stereocenters. The Labute approximate surface area is 374 Å². The molecule has 0 atom stereocenters. The molecular weight excluding hydrogens is 893 g/mol. The molecule has 0 saturated heterocycles. The van der Waals surface area contributed by atoms with Gasteiger partial charge in [0.1, 0.15) is 52.1 Å². The first kappa shape index (κ1) is 51.3. The third kappa shape index (κ3) is 13.9. The van der Waals surface area contributed by atoms with Gasteiger partial charge in [-0.3, -0.25) is 4.79 Å². The number of carbonyl (C=O) groups is 1. The van der Waals surface area contributed by atoms with Crippen LogP contribution in [0.15, 0.2) is 84.9 Å². The smallest absolute Gasteiger partial charge is 0.429 e. The van der Waals surface area contributed by atoms with E-state index in [0.29, 0.717) is 48.8 Å². The number of Topliss-reactive ketones (excluding diaryl/α,β-unsaturated/α-hetero) is 1. The van der Waals surface area contributed by atoms with Crippen LogP contribution in [0.1, 0.15) is 96.5 Å². The van der Waals surface area contributed by atoms with E-state index in [-0.39, 0.29) is 53.0 Å². The minimum absolute atomic E-state index is 0.0381. The van der Waals surface area contributed by atoms with Gasteiger partial charge in [0.2, 0.25) is 0 Å². The van der Waals surface area contributed by atoms with E-state index in [1.54, 1.807) is 0 Å². The molecule has 4 nitrogen and oxygen atoms in total. The second kappa shape index (κ2) is 22.7. The van der Waals surface area contributed by atoms with Gasteiger partial charge in [0.25, 0.3) is 0 Å². The van der Waals surface area contributed by atoms with Gasteiger partial charge in [-0.05, 0) is 110 Å². The Bertz CT molecular complexity index is 2380. The molecule has 5 aromatic rings. The highest BCUT2D eigenvalue weighted by molar-refractivity contribution is 5.79. The Morgan fingerprint density at radius 3 is 1.62 bits per heavy atom. The zero-order valence-electron chi connectivity index (χ0n) is 36.0. The molecule has 7 rings (SSSR count). The van der Waals surface area contributed by atoms with E-state index in [1.165, 1.54) is 25.0 Å². The van der Waals surface area contributed by atoms with Crippen LogP contribution in [0.25, 0.3) is 22.3 Å². The number of rotatable bonds is 12. The summed E-state index contributed by atoms with van der Waals surface area (Å²) < 4.78 is 176. The van der Waals surface area contributed by atoms with Gasteiger partial charge < -0.3 is 14.6 Å². The predicted molar refractivity (Wildman–Crippen MR) is 224 cm³/mol. The summed E-state index contributed by atoms with van der Waals surface area (Å²) >= 11 is 0. The lowest BCUT2D eigenvalue weighted by atomic mass is 9.79. The van der Waals surface area contributed by atoms with E-state index in [0.717, 1.165) is 80.8 Å². The Balaban J connectivity index is 0.000000253. The maximum Gasteiger partial charge on any atom is 0.429 e. The molecule has 2 aliphatic rings. The number of carbonyl (C=O) groups excluding carboxylic acids is 1. The third-order valence-corrected chi connectivity index (χ3v) is 11.5. The molecule has 0 amide bonds. The fourth-order valence-electron chi connectivity index (χ4n) is 8.09. The van der Waals surface area contributed by atoms with E-state index >= 15 is 0 Å². The summed E-state index contributed by atoms with van der Waals surface area (Å²) in [5, 5.41) is 9.01. The molecule has 0 aliphatic heterocycles. The molecule has 66 heavy (non-hydrogen) atoms. The molecular formula is C50H48F12O4. The van der Waals surface area contributed by atoms with Crippen LogP contribution in [-0.2, 0) is 10.9 Å². The number of hydrogen-bond acceptors (Lipinski definition) is 4. The van der Waals surface area contributed by atoms with E-state index in [4.69, 9.17) is 9.84 Å². The van der Waals surface area contributed by atoms with Gasteiger partial charge in [0.15, 0.2) is 17.5 Å². The monoisotopic (exact) mass is 940 g/mol. The second-order valence-corrected chi connectivity index (χ2v) is 16.4. The number of halogens is 12. The fraction of sp³-hybridized carbons (Fsp3) is 0.380. The molecule has 356 valence electrons. The van der Waals surface area contributed by atoms with E-state index < -0.39 is 81.7 Å². The fourth-order valence-corrected chi connectivity index (χ4v) is 8.09. The van der Waals surface area contributed by atoms with E-state index in [9.17, 15) is 57.5 Å². The molecule has 2 saturated carbocycles. The Kier molecular flexibility index (Phi) is 17.6. The maximum atomic E-state index is 14.8. The first-order valence-corrected chi connectivity index (χ1v) is 21.5. The zero-order valence-corrected chi connectivity index (χ0v) is 36.0. The summed E-state index contributed by atoms with van der Waals surface area (Å²) in [6.07, 6.45) is 2.49. The Morgan fingerprint density at radius 2 is 1.08 bits per heavy atom. The first-order chi connectivity index (χ1) is 31.2. The summed E-state index contributed by atoms with van der Waals surface area (Å²) in [4.78, 5) is 10.8. The van der Waals surface area contributed by atoms with Crippen LogP contribution in [0.4, 0.5) is 52.7 Å². The van der Waals surface area contributed by atoms with Crippen LogP contribution < -0.4 is 9.47 Å². The second-order valence-electron chi connectivity index (χ2n) is 16.4. The van der Waals surface area contributed by atoms with Gasteiger partial charge >= 0.3 is 12.2 Å². The van der Waals surface area contributed by atoms with Crippen LogP contribution >= 0.6 is 0 Å². The lowest BCUT2D eigenvalue weighted by Gasteiger charge is -2.33. The van der Waals surface area contributed by atoms with Crippen molar-refractivity contribution in [3.05, 3.63) is 137 Å². The zero-order chi connectivity index (χ0) is 48.3. The average Bonchev–Trinajstić information content (AvgIpc) is 3.24. The summed E-state index contributed by atoms with van der Waals surface area (Å²) in [7, 11) is 0. The topological polar surface area (TPSA) is 55.8 Å². The van der Waals surface area contributed by atoms with E-state index in [1.807, 2.05) is 6.92 Å². The van der Waals surface area contributed by atoms with Crippen molar-refractivity contribution in [1.82, 2.24) is 0 Å². The molecule has 0 heterocycles. The van der Waals surface area contributed by atoms with Crippen molar-refractivity contribution in [3.63, 3.8) is 0 Å². The number of benzene rings is 5. The maximum absolute atomic E-state index is 14.8. The van der Waals surface area contributed by atoms with Crippen molar-refractivity contribution >= 4 is 5.78 Å². The molecule has 0 radical (unpaired) electrons. The SMILES string of the molecule is CCCC1CCC(=O)CC1.CCCC1CCC(C(F)(F)Oc2ccc(-c3ccc(C(F)(F)Oc4cc(F)c(F)c(F)c4)c(F)c3)c(F)c2)CC1.Oc1ccc(-c2cc(F)cc(F)c2)c(F)c1. The quantitative estimate of drug-likeness (QED) is 0.100. The highest BCUT2D eigenvalue weighted by Gasteiger charge is 2.44. The van der Waals surface area contributed by atoms with Crippen molar-refractivity contribution in [2.45, 2.75) is 103 Å². The predicted octanol–water partition coefficient (Wildman–Crippen LogP) is 15.8. The van der Waals surface area contributed by atoms with Crippen LogP contribution in [0.5, 0.6) is 17.2 Å². The summed E-state index contributed by atoms with van der Waals surface area (Å²) in [6.45, 7) is 4.26. The number of phenols is 1. The largest absolute Gasteiger partial charge is 0.508 e. The Morgan fingerprint density at radius 1 is 0.545 bits per heavy atom. The van der Waals surface area contributed by atoms with Crippen molar-refractivity contribution in [3.8, 4) is 39.5 Å². The number of phenolic OH excluding ortho intramolecular Hbond substituents is 1. The van der Waals surface area contributed by atoms with Crippen LogP contribution in [0, 0.1) is 64.3 Å². The van der Waals surface area contributed by atoms with Gasteiger partial charge in [0.05, 0.1) is 11.5 Å². The summed E-state index contributed by atoms with van der Waals surface area (Å²) in [6, 6.07) is 11.3. The summed E-state index contributed by atoms with van der Waals surface area (Å²) in [5.74, 6) is -11.4. The van der Waals surface area contributed by atoms with Crippen molar-refractivity contribution in [1.29, 1.82) is 0 Å². The van der Waals surface area contributed by atoms with Crippen LogP contribution in [0.2, 0.25) is 0 Å². The van der Waals surface area contributed by atoms with Gasteiger partial charge in [-0.15, -0.1) is 0 Å². The highest BCUT2D eigenvalue weighted by Crippen LogP contribution is 2.42. The van der Waals surface area contributed by atoms with Crippen molar-refractivity contribution in [2.24, 2.45) is 17.8 Å². The van der Waals surface area contributed by atoms with E-state index in [2.05, 4.69) is 11.7 Å². The van der Waals surface area contributed by atoms with Crippen molar-refractivity contribution in [2.75, 3.05) is 0 Å². The third-order valence-electron chi connectivity index (χ3n) is 11.5. The molecule has 0 bridgehead atoms. The molecule has 2 aliphatic carbocycles. The number of aromatic hydroxyl groups is 1. The highest BCUT2D eigenvalue weighted by atomic mass is 19.3. The van der Waals surface area contributed by atoms with Gasteiger partial charge in [-0.2, -0.15) is 17.6 Å². The van der Waals surface area contributed by atoms with Crippen LogP contribution in [-0.4, -0.2) is 17.0 Å².